The molecule has 4 nitrogen and oxygen atoms in total. The van der Waals surface area contributed by atoms with Gasteiger partial charge in [0.15, 0.2) is 0 Å². The highest BCUT2D eigenvalue weighted by Gasteiger charge is 2.29. The van der Waals surface area contributed by atoms with Crippen molar-refractivity contribution in [2.75, 3.05) is 27.2 Å². The smallest absolute Gasteiger partial charge is 0.268 e. The third kappa shape index (κ3) is 5.13. The number of benzene rings is 3. The first-order chi connectivity index (χ1) is 15.6. The highest BCUT2D eigenvalue weighted by molar-refractivity contribution is 6.02. The summed E-state index contributed by atoms with van der Waals surface area (Å²) in [6.07, 6.45) is 0. The summed E-state index contributed by atoms with van der Waals surface area (Å²) in [5.41, 5.74) is 5.29. The molecule has 1 aromatic heterocycles. The van der Waals surface area contributed by atoms with E-state index in [1.54, 1.807) is 0 Å². The second kappa shape index (κ2) is 11.2. The lowest BCUT2D eigenvalue weighted by molar-refractivity contribution is 0.0945. The normalized spacial score (nSPS) is 11.1. The summed E-state index contributed by atoms with van der Waals surface area (Å²) in [5, 5.41) is 4.21. The van der Waals surface area contributed by atoms with Gasteiger partial charge in [0.05, 0.1) is 0 Å². The van der Waals surface area contributed by atoms with E-state index in [2.05, 4.69) is 102 Å². The maximum atomic E-state index is 13.5. The fourth-order valence-corrected chi connectivity index (χ4v) is 4.46. The molecule has 33 heavy (non-hydrogen) atoms. The molecule has 0 aliphatic carbocycles. The Balaban J connectivity index is 0.00000306. The van der Waals surface area contributed by atoms with Crippen molar-refractivity contribution in [3.63, 3.8) is 0 Å². The van der Waals surface area contributed by atoms with E-state index in [0.717, 1.165) is 35.2 Å². The summed E-state index contributed by atoms with van der Waals surface area (Å²) >= 11 is 0. The Hall–Kier alpha value is -3.08. The Bertz CT molecular complexity index is 1150. The minimum atomic E-state index is -0.0412. The highest BCUT2D eigenvalue weighted by atomic mass is 35.5. The van der Waals surface area contributed by atoms with Crippen molar-refractivity contribution in [3.05, 3.63) is 107 Å². The summed E-state index contributed by atoms with van der Waals surface area (Å²) in [6.45, 7) is 4.16. The molecule has 172 valence electrons. The molecule has 4 aromatic rings. The fourth-order valence-electron chi connectivity index (χ4n) is 4.46. The van der Waals surface area contributed by atoms with Gasteiger partial charge >= 0.3 is 0 Å². The van der Waals surface area contributed by atoms with E-state index in [4.69, 9.17) is 0 Å². The maximum Gasteiger partial charge on any atom is 0.268 e. The number of hydrogen-bond acceptors (Lipinski definition) is 2. The molecule has 1 N–H and O–H groups in total. The van der Waals surface area contributed by atoms with Gasteiger partial charge in [-0.05, 0) is 38.2 Å². The molecule has 0 spiro atoms. The minimum Gasteiger partial charge on any atom is -0.351 e. The van der Waals surface area contributed by atoms with E-state index in [1.807, 2.05) is 19.1 Å². The van der Waals surface area contributed by atoms with Gasteiger partial charge < -0.3 is 14.8 Å². The van der Waals surface area contributed by atoms with Gasteiger partial charge in [0.2, 0.25) is 0 Å². The molecule has 1 amide bonds. The highest BCUT2D eigenvalue weighted by Crippen LogP contribution is 2.40. The number of nitrogens with one attached hydrogen (secondary N) is 1. The zero-order chi connectivity index (χ0) is 22.5. The van der Waals surface area contributed by atoms with Crippen LogP contribution in [0.15, 0.2) is 84.9 Å². The number of rotatable bonds is 8. The van der Waals surface area contributed by atoms with Gasteiger partial charge in [0.25, 0.3) is 5.91 Å². The van der Waals surface area contributed by atoms with Crippen LogP contribution in [0.3, 0.4) is 0 Å². The van der Waals surface area contributed by atoms with Crippen molar-refractivity contribution in [1.82, 2.24) is 14.8 Å². The van der Waals surface area contributed by atoms with E-state index in [1.165, 1.54) is 11.1 Å². The molecule has 0 aliphatic rings. The van der Waals surface area contributed by atoms with Crippen molar-refractivity contribution in [3.8, 4) is 0 Å². The van der Waals surface area contributed by atoms with Crippen molar-refractivity contribution >= 4 is 29.2 Å². The Labute approximate surface area is 202 Å². The molecule has 3 aromatic carbocycles. The van der Waals surface area contributed by atoms with Crippen LogP contribution in [0.2, 0.25) is 0 Å². The predicted molar refractivity (Wildman–Crippen MR) is 140 cm³/mol. The van der Waals surface area contributed by atoms with E-state index >= 15 is 0 Å². The van der Waals surface area contributed by atoms with E-state index in [0.29, 0.717) is 6.54 Å². The number of carbonyl (C=O) groups is 1. The molecule has 5 heteroatoms. The quantitative estimate of drug-likeness (QED) is 0.373. The molecular formula is C28H32ClN3O. The number of aromatic nitrogens is 1. The molecule has 0 unspecified atom stereocenters. The minimum absolute atomic E-state index is 0. The van der Waals surface area contributed by atoms with Crippen LogP contribution in [0.25, 0.3) is 10.9 Å². The van der Waals surface area contributed by atoms with Crippen LogP contribution in [0.5, 0.6) is 0 Å². The lowest BCUT2D eigenvalue weighted by atomic mass is 9.83. The first-order valence-corrected chi connectivity index (χ1v) is 11.3. The van der Waals surface area contributed by atoms with E-state index in [9.17, 15) is 4.79 Å². The Morgan fingerprint density at radius 3 is 1.97 bits per heavy atom. The number of para-hydroxylation sites is 1. The summed E-state index contributed by atoms with van der Waals surface area (Å²) in [5.74, 6) is -0.0603. The van der Waals surface area contributed by atoms with Crippen LogP contribution in [-0.2, 0) is 6.54 Å². The van der Waals surface area contributed by atoms with Gasteiger partial charge in [-0.3, -0.25) is 4.79 Å². The molecule has 0 saturated carbocycles. The third-order valence-corrected chi connectivity index (χ3v) is 5.89. The van der Waals surface area contributed by atoms with Crippen molar-refractivity contribution in [1.29, 1.82) is 0 Å². The molecule has 1 heterocycles. The zero-order valence-corrected chi connectivity index (χ0v) is 20.3. The average molecular weight is 462 g/mol. The molecular weight excluding hydrogens is 430 g/mol. The average Bonchev–Trinajstić information content (AvgIpc) is 3.14. The first-order valence-electron chi connectivity index (χ1n) is 11.3. The number of fused-ring (bicyclic) bond motifs is 1. The fraction of sp³-hybridized carbons (Fsp3) is 0.250. The monoisotopic (exact) mass is 461 g/mol. The maximum absolute atomic E-state index is 13.5. The predicted octanol–water partition coefficient (Wildman–Crippen LogP) is 5.55. The van der Waals surface area contributed by atoms with E-state index < -0.39 is 0 Å². The lowest BCUT2D eigenvalue weighted by Gasteiger charge is -2.21. The van der Waals surface area contributed by atoms with Crippen molar-refractivity contribution in [2.45, 2.75) is 19.4 Å². The summed E-state index contributed by atoms with van der Waals surface area (Å²) in [4.78, 5) is 15.7. The van der Waals surface area contributed by atoms with Crippen LogP contribution < -0.4 is 5.32 Å². The van der Waals surface area contributed by atoms with Gasteiger partial charge in [-0.2, -0.15) is 0 Å². The van der Waals surface area contributed by atoms with Gasteiger partial charge in [0.1, 0.15) is 5.69 Å². The number of amides is 1. The SMILES string of the molecule is CCNC(=O)c1c(C(c2ccccc2)c2ccccc2)c2ccccc2n1CCN(C)C.Cl. The van der Waals surface area contributed by atoms with E-state index in [-0.39, 0.29) is 24.2 Å². The number of hydrogen-bond donors (Lipinski definition) is 1. The topological polar surface area (TPSA) is 37.3 Å². The third-order valence-electron chi connectivity index (χ3n) is 5.89. The van der Waals surface area contributed by atoms with Crippen molar-refractivity contribution < 1.29 is 4.79 Å². The number of carbonyl (C=O) groups excluding carboxylic acids is 1. The number of halogens is 1. The summed E-state index contributed by atoms with van der Waals surface area (Å²) in [7, 11) is 4.13. The molecule has 0 atom stereocenters. The second-order valence-electron chi connectivity index (χ2n) is 8.35. The molecule has 0 aliphatic heterocycles. The van der Waals surface area contributed by atoms with Crippen LogP contribution >= 0.6 is 12.4 Å². The summed E-state index contributed by atoms with van der Waals surface area (Å²) < 4.78 is 2.20. The second-order valence-corrected chi connectivity index (χ2v) is 8.35. The first kappa shape index (κ1) is 24.6. The number of likely N-dealkylation sites (N-methyl/N-ethyl adjacent to an activating group) is 1. The van der Waals surface area contributed by atoms with Gasteiger partial charge in [-0.15, -0.1) is 12.4 Å². The summed E-state index contributed by atoms with van der Waals surface area (Å²) in [6, 6.07) is 29.4. The molecule has 0 radical (unpaired) electrons. The standard InChI is InChI=1S/C28H31N3O.ClH/c1-4-29-28(32)27-26(23-17-11-12-18-24(23)31(27)20-19-30(2)3)25(21-13-7-5-8-14-21)22-15-9-6-10-16-22;/h5-18,25H,4,19-20H2,1-3H3,(H,29,32);1H. The van der Waals surface area contributed by atoms with Gasteiger partial charge in [-0.1, -0.05) is 78.9 Å². The molecule has 0 saturated heterocycles. The zero-order valence-electron chi connectivity index (χ0n) is 19.5. The van der Waals surface area contributed by atoms with Crippen LogP contribution in [0.1, 0.15) is 40.0 Å². The van der Waals surface area contributed by atoms with Gasteiger partial charge in [-0.25, -0.2) is 0 Å². The van der Waals surface area contributed by atoms with Gasteiger partial charge in [0, 0.05) is 42.0 Å². The van der Waals surface area contributed by atoms with Crippen LogP contribution in [0.4, 0.5) is 0 Å². The Morgan fingerprint density at radius 1 is 0.879 bits per heavy atom. The van der Waals surface area contributed by atoms with Crippen LogP contribution in [0, 0.1) is 0 Å². The lowest BCUT2D eigenvalue weighted by Crippen LogP contribution is -2.29. The largest absolute Gasteiger partial charge is 0.351 e. The van der Waals surface area contributed by atoms with Crippen LogP contribution in [-0.4, -0.2) is 42.6 Å². The number of nitrogens with zero attached hydrogens (tertiary/aromatic N) is 2. The molecule has 4 rings (SSSR count). The molecule has 0 bridgehead atoms. The Morgan fingerprint density at radius 2 is 1.42 bits per heavy atom. The Kier molecular flexibility index (Phi) is 8.32. The molecule has 0 fully saturated rings. The van der Waals surface area contributed by atoms with Crippen molar-refractivity contribution in [2.24, 2.45) is 0 Å².